The molecule has 5 aromatic carbocycles. The van der Waals surface area contributed by atoms with Crippen LogP contribution >= 0.6 is 0 Å². The van der Waals surface area contributed by atoms with E-state index in [9.17, 15) is 4.79 Å². The van der Waals surface area contributed by atoms with E-state index in [0.29, 0.717) is 11.7 Å². The van der Waals surface area contributed by atoms with Crippen molar-refractivity contribution in [3.05, 3.63) is 241 Å². The van der Waals surface area contributed by atoms with Crippen LogP contribution in [0.5, 0.6) is 0 Å². The Kier molecular flexibility index (Phi) is 65.2. The van der Waals surface area contributed by atoms with Crippen LogP contribution in [0.25, 0.3) is 0 Å². The van der Waals surface area contributed by atoms with Gasteiger partial charge in [0.05, 0.1) is 0 Å². The van der Waals surface area contributed by atoms with Crippen molar-refractivity contribution in [1.82, 2.24) is 0 Å². The molecule has 11 heteroatoms. The van der Waals surface area contributed by atoms with Crippen molar-refractivity contribution in [3.8, 4) is 0 Å². The number of hydrogen-bond donors (Lipinski definition) is 5. The molecule has 24 atom stereocenters. The maximum Gasteiger partial charge on any atom is 0.162 e. The SMILES string of the molecule is C=CCC1CC2CC1C(C)C2C.CC1C2CC(C(c3ccccc3)c3ccccc3)C(C2)C1C.CC1C2CC(C1C)C(c1ccccc1)(c1ccccc1)C2.CC1C2CC(CCC(=O)c3ccccc3)C(C2)C1C.CCC=CCC1CC2CC1C(C)C2C.CO.CO.CO.CO.CO.[CH3-].[CH3-].[CH3-].[CH3-].[CH3-].[Y].[Y].[Y].[Y].[Y]. The van der Waals surface area contributed by atoms with Crippen molar-refractivity contribution in [2.24, 2.45) is 142 Å². The summed E-state index contributed by atoms with van der Waals surface area (Å²) in [6.07, 6.45) is 27.0. The smallest absolute Gasteiger partial charge is 0.162 e. The van der Waals surface area contributed by atoms with E-state index in [2.05, 4.69) is 222 Å². The molecule has 0 aliphatic heterocycles. The molecule has 10 aliphatic carbocycles. The molecule has 0 aromatic heterocycles. The Labute approximate surface area is 792 Å². The van der Waals surface area contributed by atoms with Gasteiger partial charge >= 0.3 is 0 Å². The van der Waals surface area contributed by atoms with Crippen LogP contribution in [0.2, 0.25) is 0 Å². The van der Waals surface area contributed by atoms with Crippen LogP contribution in [0.3, 0.4) is 0 Å². The zero-order valence-corrected chi connectivity index (χ0v) is 86.1. The number of carbonyl (C=O) groups excluding carboxylic acids is 1. The second-order valence-corrected chi connectivity index (χ2v) is 31.9. The Hall–Kier alpha value is 0.569. The second-order valence-electron chi connectivity index (χ2n) is 31.9. The maximum absolute atomic E-state index is 12.2. The Balaban J connectivity index is -0.000000393. The average Bonchev–Trinajstić information content (AvgIpc) is 1.54. The minimum atomic E-state index is 0. The van der Waals surface area contributed by atoms with Gasteiger partial charge in [0, 0.05) is 222 Å². The van der Waals surface area contributed by atoms with Crippen LogP contribution in [-0.2, 0) is 169 Å². The zero-order valence-electron chi connectivity index (χ0n) is 71.9. The first-order valence-electron chi connectivity index (χ1n) is 38.9. The molecule has 10 fully saturated rings. The molecule has 0 spiro atoms. The number of carbonyl (C=O) groups is 1. The van der Waals surface area contributed by atoms with Gasteiger partial charge in [-0.05, 0) is 254 Å². The Morgan fingerprint density at radius 2 is 0.713 bits per heavy atom. The predicted molar refractivity (Wildman–Crippen MR) is 447 cm³/mol. The Bertz CT molecular complexity index is 2940. The molecule has 6 nitrogen and oxygen atoms in total. The fourth-order valence-electron chi connectivity index (χ4n) is 22.6. The van der Waals surface area contributed by atoms with Crippen molar-refractivity contribution in [3.63, 3.8) is 0 Å². The molecule has 5 radical (unpaired) electrons. The maximum atomic E-state index is 12.2. The second kappa shape index (κ2) is 60.1. The molecule has 5 N–H and O–H groups in total. The summed E-state index contributed by atoms with van der Waals surface area (Å²) in [6.45, 7) is 30.7. The first-order chi connectivity index (χ1) is 47.6. The van der Waals surface area contributed by atoms with Crippen LogP contribution < -0.4 is 0 Å². The summed E-state index contributed by atoms with van der Waals surface area (Å²) in [7, 11) is 5.00. The average molecular weight is 1860 g/mol. The molecular formula is C97H153O6Y5-5. The van der Waals surface area contributed by atoms with Crippen molar-refractivity contribution in [2.75, 3.05) is 35.5 Å². The molecule has 24 unspecified atom stereocenters. The minimum absolute atomic E-state index is 0. The number of rotatable bonds is 14. The van der Waals surface area contributed by atoms with E-state index in [1.807, 2.05) is 30.3 Å². The summed E-state index contributed by atoms with van der Waals surface area (Å²) in [4.78, 5) is 12.2. The fraction of sp³-hybridized carbons (Fsp3) is 0.588. The molecule has 5 aromatic rings. The summed E-state index contributed by atoms with van der Waals surface area (Å²) in [5, 5.41) is 35.0. The molecule has 108 heavy (non-hydrogen) atoms. The van der Waals surface area contributed by atoms with Gasteiger partial charge in [-0.15, -0.1) is 6.58 Å². The Morgan fingerprint density at radius 1 is 0.389 bits per heavy atom. The third kappa shape index (κ3) is 28.4. The molecule has 0 amide bonds. The molecular weight excluding hydrogens is 1710 g/mol. The van der Waals surface area contributed by atoms with Crippen molar-refractivity contribution in [1.29, 1.82) is 0 Å². The first-order valence-corrected chi connectivity index (χ1v) is 38.9. The van der Waals surface area contributed by atoms with E-state index in [4.69, 9.17) is 25.5 Å². The number of Topliss-reactive ketones (excluding diaryl/α,β-unsaturated/α-hetero) is 1. The Morgan fingerprint density at radius 3 is 1.05 bits per heavy atom. The number of aliphatic hydroxyl groups is 5. The van der Waals surface area contributed by atoms with Gasteiger partial charge in [-0.2, -0.15) is 0 Å². The van der Waals surface area contributed by atoms with Gasteiger partial charge in [0.25, 0.3) is 0 Å². The van der Waals surface area contributed by atoms with Gasteiger partial charge in [-0.3, -0.25) is 4.79 Å². The van der Waals surface area contributed by atoms with E-state index in [1.54, 1.807) is 0 Å². The quantitative estimate of drug-likeness (QED) is 0.0429. The molecule has 0 heterocycles. The third-order valence-corrected chi connectivity index (χ3v) is 28.5. The molecule has 597 valence electrons. The van der Waals surface area contributed by atoms with Crippen LogP contribution in [0.4, 0.5) is 0 Å². The van der Waals surface area contributed by atoms with Crippen molar-refractivity contribution in [2.45, 2.75) is 184 Å². The largest absolute Gasteiger partial charge is 0.400 e. The van der Waals surface area contributed by atoms with E-state index in [0.717, 1.165) is 196 Å². The number of allylic oxidation sites excluding steroid dienone is 3. The minimum Gasteiger partial charge on any atom is -0.400 e. The molecule has 15 rings (SSSR count). The topological polar surface area (TPSA) is 118 Å². The van der Waals surface area contributed by atoms with Gasteiger partial charge in [0.2, 0.25) is 0 Å². The van der Waals surface area contributed by atoms with E-state index in [-0.39, 0.29) is 206 Å². The predicted octanol–water partition coefficient (Wildman–Crippen LogP) is 23.7. The number of fused-ring (bicyclic) bond motifs is 10. The van der Waals surface area contributed by atoms with Crippen LogP contribution in [-0.4, -0.2) is 66.9 Å². The van der Waals surface area contributed by atoms with Crippen molar-refractivity contribution >= 4 is 5.78 Å². The van der Waals surface area contributed by atoms with Gasteiger partial charge in [0.15, 0.2) is 5.78 Å². The summed E-state index contributed by atoms with van der Waals surface area (Å²) < 4.78 is 0. The zero-order chi connectivity index (χ0) is 71.8. The van der Waals surface area contributed by atoms with Gasteiger partial charge in [-0.1, -0.05) is 246 Å². The number of ketones is 1. The van der Waals surface area contributed by atoms with Crippen LogP contribution in [0.15, 0.2) is 176 Å². The van der Waals surface area contributed by atoms with Gasteiger partial charge < -0.3 is 62.7 Å². The fourth-order valence-corrected chi connectivity index (χ4v) is 22.6. The third-order valence-electron chi connectivity index (χ3n) is 28.5. The van der Waals surface area contributed by atoms with Gasteiger partial charge in [-0.25, -0.2) is 0 Å². The number of benzene rings is 5. The summed E-state index contributed by atoms with van der Waals surface area (Å²) in [5.74, 6) is 23.4. The number of hydrogen-bond acceptors (Lipinski definition) is 6. The first kappa shape index (κ1) is 117. The van der Waals surface area contributed by atoms with E-state index in [1.165, 1.54) is 106 Å². The summed E-state index contributed by atoms with van der Waals surface area (Å²) in [5.41, 5.74) is 7.20. The van der Waals surface area contributed by atoms with E-state index >= 15 is 0 Å². The molecule has 10 aliphatic rings. The molecule has 10 saturated carbocycles. The van der Waals surface area contributed by atoms with Crippen LogP contribution in [0.1, 0.15) is 211 Å². The summed E-state index contributed by atoms with van der Waals surface area (Å²) >= 11 is 0. The number of aliphatic hydroxyl groups excluding tert-OH is 5. The molecule has 10 bridgehead atoms. The summed E-state index contributed by atoms with van der Waals surface area (Å²) in [6, 6.07) is 54.7. The normalized spacial score (nSPS) is 31.8. The monoisotopic (exact) mass is 1860 g/mol. The van der Waals surface area contributed by atoms with Crippen LogP contribution in [0, 0.1) is 179 Å². The molecule has 0 saturated heterocycles. The van der Waals surface area contributed by atoms with Gasteiger partial charge in [0.1, 0.15) is 0 Å². The van der Waals surface area contributed by atoms with E-state index < -0.39 is 0 Å². The van der Waals surface area contributed by atoms with Crippen molar-refractivity contribution < 1.29 is 194 Å². The standard InChI is InChI=1S/C22H26.C21H24.C18H24O.C14H24.C12H20.5CH4O.5CH3.5Y/c1-15-16(2)20-13-19(15)14-21(20)22(17-9-5-3-6-10-17)18-11-7-4-8-12-18;1-15-16(2)20-13-17(15)14-21(20,18-9-5-3-6-10-18)19-11-7-4-8-12-19;1-12-13(2)17-11-16(12)10-15(17)8-9-18(19)14-6-4-3-5-7-14;1-4-5-6-7-12-8-13-9-14(12)11(3)10(13)2;1-4-5-10-6-11-7-12(10)9(3)8(11)2;5*1-2;;;;;;;;;;/h3-12,15-16,19-22H,13-14H2,1-2H3;3-12,15-17,20H,13-14H2,1-2H3;3-7,12-13,15-17H,8-11H2,1-2H3;5-6,10-14H,4,7-9H2,1-3H3;4,8-12H,1,5-7H2,2-3H3;5*2H,1H3;5*1H3;;;;;/q;;;;;;;;;;5*-1;;;;;.